The Morgan fingerprint density at radius 3 is 2.72 bits per heavy atom. The van der Waals surface area contributed by atoms with Gasteiger partial charge in [-0.2, -0.15) is 5.26 Å². The van der Waals surface area contributed by atoms with Crippen molar-refractivity contribution in [3.8, 4) is 6.07 Å². The van der Waals surface area contributed by atoms with Crippen molar-refractivity contribution in [3.05, 3.63) is 0 Å². The molecule has 1 heterocycles. The van der Waals surface area contributed by atoms with Crippen LogP contribution in [0.5, 0.6) is 0 Å². The molecule has 0 amide bonds. The highest BCUT2D eigenvalue weighted by molar-refractivity contribution is 4.91. The molecule has 0 radical (unpaired) electrons. The molecule has 0 saturated carbocycles. The summed E-state index contributed by atoms with van der Waals surface area (Å²) in [7, 11) is 4.32. The van der Waals surface area contributed by atoms with E-state index in [0.717, 1.165) is 19.5 Å². The maximum Gasteiger partial charge on any atom is 0.0967 e. The number of hydrogen-bond acceptors (Lipinski definition) is 4. The number of likely N-dealkylation sites (tertiary alicyclic amines) is 1. The Bertz CT molecular complexity index is 269. The van der Waals surface area contributed by atoms with E-state index in [4.69, 9.17) is 5.26 Å². The van der Waals surface area contributed by atoms with E-state index in [1.807, 2.05) is 0 Å². The minimum Gasteiger partial charge on any atom is -0.305 e. The molecule has 4 heteroatoms. The van der Waals surface area contributed by atoms with Crippen molar-refractivity contribution in [3.63, 3.8) is 0 Å². The van der Waals surface area contributed by atoms with Crippen LogP contribution in [0.25, 0.3) is 0 Å². The van der Waals surface area contributed by atoms with Gasteiger partial charge < -0.3 is 9.80 Å². The maximum atomic E-state index is 9.11. The third-order valence-corrected chi connectivity index (χ3v) is 3.64. The molecule has 1 saturated heterocycles. The largest absolute Gasteiger partial charge is 0.305 e. The van der Waals surface area contributed by atoms with Crippen LogP contribution in [0.2, 0.25) is 0 Å². The van der Waals surface area contributed by atoms with Gasteiger partial charge in [0.2, 0.25) is 0 Å². The van der Waals surface area contributed by atoms with E-state index in [9.17, 15) is 0 Å². The summed E-state index contributed by atoms with van der Waals surface area (Å²) in [6, 6.07) is 3.41. The standard InChI is InChI=1S/C14H28N4/c1-12(2)16-13(10-15)7-9-18-8-5-6-14(11-18)17(3)4/h12-14,16H,5-9,11H2,1-4H3. The number of nitrogens with zero attached hydrogens (tertiary/aromatic N) is 3. The van der Waals surface area contributed by atoms with Crippen LogP contribution in [0.4, 0.5) is 0 Å². The maximum absolute atomic E-state index is 9.11. The number of hydrogen-bond donors (Lipinski definition) is 1. The third-order valence-electron chi connectivity index (χ3n) is 3.64. The number of rotatable bonds is 6. The van der Waals surface area contributed by atoms with E-state index in [0.29, 0.717) is 12.1 Å². The van der Waals surface area contributed by atoms with Crippen molar-refractivity contribution in [2.24, 2.45) is 0 Å². The van der Waals surface area contributed by atoms with Crippen LogP contribution in [0.15, 0.2) is 0 Å². The summed E-state index contributed by atoms with van der Waals surface area (Å²) in [4.78, 5) is 4.82. The summed E-state index contributed by atoms with van der Waals surface area (Å²) in [6.07, 6.45) is 3.50. The molecule has 4 nitrogen and oxygen atoms in total. The van der Waals surface area contributed by atoms with Crippen LogP contribution >= 0.6 is 0 Å². The van der Waals surface area contributed by atoms with Crippen LogP contribution in [-0.4, -0.2) is 61.7 Å². The van der Waals surface area contributed by atoms with Gasteiger partial charge in [-0.3, -0.25) is 5.32 Å². The molecular weight excluding hydrogens is 224 g/mol. The second-order valence-electron chi connectivity index (χ2n) is 5.85. The monoisotopic (exact) mass is 252 g/mol. The Hall–Kier alpha value is -0.630. The predicted molar refractivity (Wildman–Crippen MR) is 75.4 cm³/mol. The second kappa shape index (κ2) is 7.73. The summed E-state index contributed by atoms with van der Waals surface area (Å²) in [6.45, 7) is 7.54. The lowest BCUT2D eigenvalue weighted by molar-refractivity contribution is 0.130. The lowest BCUT2D eigenvalue weighted by atomic mass is 10.0. The Balaban J connectivity index is 2.31. The highest BCUT2D eigenvalue weighted by Gasteiger charge is 2.21. The van der Waals surface area contributed by atoms with E-state index in [-0.39, 0.29) is 6.04 Å². The number of nitriles is 1. The fourth-order valence-corrected chi connectivity index (χ4v) is 2.55. The van der Waals surface area contributed by atoms with E-state index in [1.165, 1.54) is 19.4 Å². The molecule has 0 aromatic carbocycles. The van der Waals surface area contributed by atoms with Gasteiger partial charge in [0, 0.05) is 25.2 Å². The molecule has 1 aliphatic heterocycles. The molecule has 0 aliphatic carbocycles. The predicted octanol–water partition coefficient (Wildman–Crippen LogP) is 1.29. The topological polar surface area (TPSA) is 42.3 Å². The molecule has 2 atom stereocenters. The third kappa shape index (κ3) is 5.34. The Morgan fingerprint density at radius 1 is 1.44 bits per heavy atom. The van der Waals surface area contributed by atoms with Gasteiger partial charge in [-0.15, -0.1) is 0 Å². The molecule has 1 N–H and O–H groups in total. The zero-order valence-corrected chi connectivity index (χ0v) is 12.3. The minimum atomic E-state index is -0.00951. The Kier molecular flexibility index (Phi) is 6.62. The summed E-state index contributed by atoms with van der Waals surface area (Å²) in [5.74, 6) is 0. The van der Waals surface area contributed by atoms with Gasteiger partial charge in [-0.1, -0.05) is 0 Å². The van der Waals surface area contributed by atoms with E-state index in [2.05, 4.69) is 49.1 Å². The molecule has 1 rings (SSSR count). The van der Waals surface area contributed by atoms with Crippen LogP contribution in [0.1, 0.15) is 33.1 Å². The fourth-order valence-electron chi connectivity index (χ4n) is 2.55. The van der Waals surface area contributed by atoms with E-state index in [1.54, 1.807) is 0 Å². The highest BCUT2D eigenvalue weighted by Crippen LogP contribution is 2.14. The summed E-state index contributed by atoms with van der Waals surface area (Å²) >= 11 is 0. The van der Waals surface area contributed by atoms with Gasteiger partial charge >= 0.3 is 0 Å². The van der Waals surface area contributed by atoms with Crippen LogP contribution in [0.3, 0.4) is 0 Å². The van der Waals surface area contributed by atoms with Crippen molar-refractivity contribution >= 4 is 0 Å². The van der Waals surface area contributed by atoms with Gasteiger partial charge in [0.15, 0.2) is 0 Å². The van der Waals surface area contributed by atoms with Gasteiger partial charge in [0.05, 0.1) is 12.1 Å². The van der Waals surface area contributed by atoms with Crippen molar-refractivity contribution < 1.29 is 0 Å². The molecule has 0 aromatic rings. The molecule has 0 aromatic heterocycles. The number of likely N-dealkylation sites (N-methyl/N-ethyl adjacent to an activating group) is 1. The van der Waals surface area contributed by atoms with Gasteiger partial charge in [-0.05, 0) is 53.8 Å². The summed E-state index contributed by atoms with van der Waals surface area (Å²) in [5.41, 5.74) is 0. The molecule has 1 aliphatic rings. The minimum absolute atomic E-state index is 0.00951. The van der Waals surface area contributed by atoms with Crippen molar-refractivity contribution in [2.45, 2.75) is 51.2 Å². The Morgan fingerprint density at radius 2 is 2.17 bits per heavy atom. The van der Waals surface area contributed by atoms with E-state index >= 15 is 0 Å². The fraction of sp³-hybridized carbons (Fsp3) is 0.929. The molecule has 0 spiro atoms. The van der Waals surface area contributed by atoms with Gasteiger partial charge in [0.1, 0.15) is 0 Å². The smallest absolute Gasteiger partial charge is 0.0967 e. The normalized spacial score (nSPS) is 23.3. The SMILES string of the molecule is CC(C)NC(C#N)CCN1CCCC(N(C)C)C1. The highest BCUT2D eigenvalue weighted by atomic mass is 15.2. The van der Waals surface area contributed by atoms with Crippen molar-refractivity contribution in [1.29, 1.82) is 5.26 Å². The van der Waals surface area contributed by atoms with Crippen LogP contribution < -0.4 is 5.32 Å². The van der Waals surface area contributed by atoms with Gasteiger partial charge in [0.25, 0.3) is 0 Å². The van der Waals surface area contributed by atoms with Crippen LogP contribution in [0, 0.1) is 11.3 Å². The average molecular weight is 252 g/mol. The number of nitrogens with one attached hydrogen (secondary N) is 1. The molecular formula is C14H28N4. The summed E-state index contributed by atoms with van der Waals surface area (Å²) < 4.78 is 0. The molecule has 104 valence electrons. The first kappa shape index (κ1) is 15.4. The van der Waals surface area contributed by atoms with Crippen LogP contribution in [-0.2, 0) is 0 Å². The zero-order chi connectivity index (χ0) is 13.5. The number of piperidine rings is 1. The first-order chi connectivity index (χ1) is 8.52. The zero-order valence-electron chi connectivity index (χ0n) is 12.3. The van der Waals surface area contributed by atoms with E-state index < -0.39 is 0 Å². The first-order valence-electron chi connectivity index (χ1n) is 7.07. The molecule has 1 fully saturated rings. The summed E-state index contributed by atoms with van der Waals surface area (Å²) in [5, 5.41) is 12.4. The van der Waals surface area contributed by atoms with Crippen molar-refractivity contribution in [2.75, 3.05) is 33.7 Å². The molecule has 18 heavy (non-hydrogen) atoms. The Labute approximate surface area is 112 Å². The lowest BCUT2D eigenvalue weighted by Gasteiger charge is -2.36. The lowest BCUT2D eigenvalue weighted by Crippen LogP contribution is -2.46. The molecule has 2 unspecified atom stereocenters. The second-order valence-corrected chi connectivity index (χ2v) is 5.85. The first-order valence-corrected chi connectivity index (χ1v) is 7.07. The van der Waals surface area contributed by atoms with Gasteiger partial charge in [-0.25, -0.2) is 0 Å². The van der Waals surface area contributed by atoms with Crippen molar-refractivity contribution in [1.82, 2.24) is 15.1 Å². The quantitative estimate of drug-likeness (QED) is 0.773. The average Bonchev–Trinajstić information content (AvgIpc) is 2.34. The molecule has 0 bridgehead atoms.